The van der Waals surface area contributed by atoms with Crippen LogP contribution in [0.4, 0.5) is 5.69 Å². The molecule has 1 N–H and O–H groups in total. The summed E-state index contributed by atoms with van der Waals surface area (Å²) in [4.78, 5) is 0. The molecule has 0 radical (unpaired) electrons. The lowest BCUT2D eigenvalue weighted by molar-refractivity contribution is 0.185. The Bertz CT molecular complexity index is 568. The molecule has 0 aliphatic rings. The number of aryl methyl sites for hydroxylation is 1. The highest BCUT2D eigenvalue weighted by Crippen LogP contribution is 2.28. The Morgan fingerprint density at radius 2 is 2.25 bits per heavy atom. The molecule has 20 heavy (non-hydrogen) atoms. The number of methoxy groups -OCH3 is 1. The summed E-state index contributed by atoms with van der Waals surface area (Å²) in [5.74, 6) is 0. The maximum absolute atomic E-state index is 5.27. The third-order valence-electron chi connectivity index (χ3n) is 3.26. The zero-order chi connectivity index (χ0) is 14.5. The van der Waals surface area contributed by atoms with Gasteiger partial charge in [-0.05, 0) is 26.0 Å². The van der Waals surface area contributed by atoms with Gasteiger partial charge in [0.1, 0.15) is 0 Å². The van der Waals surface area contributed by atoms with Gasteiger partial charge in [-0.15, -0.1) is 0 Å². The Labute approximate surface area is 128 Å². The molecule has 0 aliphatic heterocycles. The highest BCUT2D eigenvalue weighted by Gasteiger charge is 2.12. The largest absolute Gasteiger partial charge is 0.380 e. The number of anilines is 1. The summed E-state index contributed by atoms with van der Waals surface area (Å²) in [7, 11) is 1.71. The lowest BCUT2D eigenvalue weighted by atomic mass is 10.1. The van der Waals surface area contributed by atoms with Gasteiger partial charge in [0.05, 0.1) is 18.8 Å². The van der Waals surface area contributed by atoms with Crippen molar-refractivity contribution < 1.29 is 4.74 Å². The first-order chi connectivity index (χ1) is 9.65. The predicted molar refractivity (Wildman–Crippen MR) is 84.8 cm³/mol. The van der Waals surface area contributed by atoms with E-state index in [2.05, 4.69) is 52.5 Å². The maximum Gasteiger partial charge on any atom is 0.0744 e. The van der Waals surface area contributed by atoms with E-state index in [0.717, 1.165) is 22.3 Å². The van der Waals surface area contributed by atoms with Crippen LogP contribution >= 0.6 is 15.9 Å². The summed E-state index contributed by atoms with van der Waals surface area (Å²) in [6, 6.07) is 6.31. The molecule has 1 unspecified atom stereocenters. The third kappa shape index (κ3) is 3.41. The second kappa shape index (κ2) is 6.90. The topological polar surface area (TPSA) is 39.1 Å². The zero-order valence-corrected chi connectivity index (χ0v) is 13.6. The number of hydrogen-bond donors (Lipinski definition) is 1. The molecular weight excluding hydrogens is 318 g/mol. The fourth-order valence-electron chi connectivity index (χ4n) is 2.08. The number of ether oxygens (including phenoxy) is 1. The maximum atomic E-state index is 5.27. The second-order valence-electron chi connectivity index (χ2n) is 4.69. The standard InChI is InChI=1S/C15H20BrN3O/c1-4-19-9-12(8-17-19)11(2)18-15-7-5-6-14(16)13(15)10-20-3/h5-9,11,18H,4,10H2,1-3H3. The van der Waals surface area contributed by atoms with Gasteiger partial charge in [0.2, 0.25) is 0 Å². The SMILES string of the molecule is CCn1cc(C(C)Nc2cccc(Br)c2COC)cn1. The molecule has 0 spiro atoms. The molecule has 5 heteroatoms. The molecule has 0 saturated carbocycles. The van der Waals surface area contributed by atoms with E-state index in [1.165, 1.54) is 5.56 Å². The van der Waals surface area contributed by atoms with E-state index in [9.17, 15) is 0 Å². The van der Waals surface area contributed by atoms with Crippen molar-refractivity contribution in [1.29, 1.82) is 0 Å². The molecule has 0 aliphatic carbocycles. The van der Waals surface area contributed by atoms with Gasteiger partial charge in [-0.2, -0.15) is 5.10 Å². The summed E-state index contributed by atoms with van der Waals surface area (Å²) in [6.45, 7) is 5.68. The molecule has 1 aromatic carbocycles. The summed E-state index contributed by atoms with van der Waals surface area (Å²) < 4.78 is 8.26. The van der Waals surface area contributed by atoms with Gasteiger partial charge in [0.25, 0.3) is 0 Å². The molecular formula is C15H20BrN3O. The lowest BCUT2D eigenvalue weighted by Crippen LogP contribution is -2.08. The molecule has 108 valence electrons. The van der Waals surface area contributed by atoms with E-state index in [4.69, 9.17) is 4.74 Å². The van der Waals surface area contributed by atoms with Crippen LogP contribution in [0.25, 0.3) is 0 Å². The Kier molecular flexibility index (Phi) is 5.20. The van der Waals surface area contributed by atoms with Crippen LogP contribution in [0.15, 0.2) is 35.1 Å². The van der Waals surface area contributed by atoms with E-state index < -0.39 is 0 Å². The van der Waals surface area contributed by atoms with Gasteiger partial charge in [-0.25, -0.2) is 0 Å². The van der Waals surface area contributed by atoms with Crippen molar-refractivity contribution >= 4 is 21.6 Å². The molecule has 1 aromatic heterocycles. The highest BCUT2D eigenvalue weighted by atomic mass is 79.9. The molecule has 0 bridgehead atoms. The Hall–Kier alpha value is -1.33. The van der Waals surface area contributed by atoms with Crippen LogP contribution in [-0.2, 0) is 17.9 Å². The van der Waals surface area contributed by atoms with E-state index in [1.54, 1.807) is 7.11 Å². The van der Waals surface area contributed by atoms with Gasteiger partial charge in [0, 0.05) is 41.1 Å². The number of nitrogens with zero attached hydrogens (tertiary/aromatic N) is 2. The van der Waals surface area contributed by atoms with Crippen LogP contribution in [-0.4, -0.2) is 16.9 Å². The van der Waals surface area contributed by atoms with Crippen molar-refractivity contribution in [3.8, 4) is 0 Å². The van der Waals surface area contributed by atoms with Gasteiger partial charge < -0.3 is 10.1 Å². The molecule has 2 rings (SSSR count). The Balaban J connectivity index is 2.18. The Morgan fingerprint density at radius 3 is 2.90 bits per heavy atom. The first kappa shape index (κ1) is 15.1. The van der Waals surface area contributed by atoms with Crippen molar-refractivity contribution in [2.24, 2.45) is 0 Å². The molecule has 0 amide bonds. The van der Waals surface area contributed by atoms with Gasteiger partial charge in [-0.1, -0.05) is 22.0 Å². The lowest BCUT2D eigenvalue weighted by Gasteiger charge is -2.18. The van der Waals surface area contributed by atoms with Gasteiger partial charge in [-0.3, -0.25) is 4.68 Å². The van der Waals surface area contributed by atoms with Crippen LogP contribution in [0.5, 0.6) is 0 Å². The van der Waals surface area contributed by atoms with Gasteiger partial charge in [0.15, 0.2) is 0 Å². The molecule has 4 nitrogen and oxygen atoms in total. The molecule has 2 aromatic rings. The molecule has 0 fully saturated rings. The van der Waals surface area contributed by atoms with Crippen LogP contribution in [0.3, 0.4) is 0 Å². The first-order valence-electron chi connectivity index (χ1n) is 6.71. The minimum atomic E-state index is 0.195. The second-order valence-corrected chi connectivity index (χ2v) is 5.55. The van der Waals surface area contributed by atoms with Crippen LogP contribution in [0, 0.1) is 0 Å². The van der Waals surface area contributed by atoms with Crippen LogP contribution in [0.1, 0.15) is 31.0 Å². The Morgan fingerprint density at radius 1 is 1.45 bits per heavy atom. The fourth-order valence-corrected chi connectivity index (χ4v) is 2.56. The fraction of sp³-hybridized carbons (Fsp3) is 0.400. The van der Waals surface area contributed by atoms with E-state index in [1.807, 2.05) is 23.0 Å². The number of halogens is 1. The quantitative estimate of drug-likeness (QED) is 0.866. The van der Waals surface area contributed by atoms with E-state index >= 15 is 0 Å². The van der Waals surface area contributed by atoms with Crippen molar-refractivity contribution in [2.45, 2.75) is 33.0 Å². The van der Waals surface area contributed by atoms with Gasteiger partial charge >= 0.3 is 0 Å². The summed E-state index contributed by atoms with van der Waals surface area (Å²) in [5, 5.41) is 7.84. The van der Waals surface area contributed by atoms with E-state index in [0.29, 0.717) is 6.61 Å². The number of hydrogen-bond acceptors (Lipinski definition) is 3. The van der Waals surface area contributed by atoms with Crippen molar-refractivity contribution in [3.05, 3.63) is 46.2 Å². The average molecular weight is 338 g/mol. The minimum Gasteiger partial charge on any atom is -0.380 e. The summed E-state index contributed by atoms with van der Waals surface area (Å²) in [6.07, 6.45) is 3.99. The normalized spacial score (nSPS) is 12.4. The summed E-state index contributed by atoms with van der Waals surface area (Å²) >= 11 is 3.57. The molecule has 1 heterocycles. The smallest absolute Gasteiger partial charge is 0.0744 e. The average Bonchev–Trinajstić information content (AvgIpc) is 2.91. The van der Waals surface area contributed by atoms with Crippen molar-refractivity contribution in [1.82, 2.24) is 9.78 Å². The van der Waals surface area contributed by atoms with Crippen molar-refractivity contribution in [3.63, 3.8) is 0 Å². The molecule has 1 atom stereocenters. The zero-order valence-electron chi connectivity index (χ0n) is 12.1. The van der Waals surface area contributed by atoms with Crippen molar-refractivity contribution in [2.75, 3.05) is 12.4 Å². The van der Waals surface area contributed by atoms with E-state index in [-0.39, 0.29) is 6.04 Å². The highest BCUT2D eigenvalue weighted by molar-refractivity contribution is 9.10. The summed E-state index contributed by atoms with van der Waals surface area (Å²) in [5.41, 5.74) is 3.39. The number of benzene rings is 1. The monoisotopic (exact) mass is 337 g/mol. The van der Waals surface area contributed by atoms with Crippen LogP contribution < -0.4 is 5.32 Å². The first-order valence-corrected chi connectivity index (χ1v) is 7.50. The number of nitrogens with one attached hydrogen (secondary N) is 1. The minimum absolute atomic E-state index is 0.195. The third-order valence-corrected chi connectivity index (χ3v) is 4.00. The number of aromatic nitrogens is 2. The number of rotatable bonds is 6. The van der Waals surface area contributed by atoms with Crippen LogP contribution in [0.2, 0.25) is 0 Å². The predicted octanol–water partition coefficient (Wildman–Crippen LogP) is 3.99. The molecule has 0 saturated heterocycles.